The van der Waals surface area contributed by atoms with Crippen molar-refractivity contribution >= 4 is 5.91 Å². The van der Waals surface area contributed by atoms with Crippen LogP contribution in [-0.2, 0) is 11.2 Å². The second kappa shape index (κ2) is 7.09. The summed E-state index contributed by atoms with van der Waals surface area (Å²) in [4.78, 5) is 11.7. The highest BCUT2D eigenvalue weighted by atomic mass is 19.4. The van der Waals surface area contributed by atoms with E-state index in [1.54, 1.807) is 32.0 Å². The Bertz CT molecular complexity index is 586. The van der Waals surface area contributed by atoms with E-state index in [4.69, 9.17) is 0 Å². The summed E-state index contributed by atoms with van der Waals surface area (Å²) in [7, 11) is 0. The van der Waals surface area contributed by atoms with Gasteiger partial charge in [-0.3, -0.25) is 10.2 Å². The number of halogens is 4. The van der Waals surface area contributed by atoms with Gasteiger partial charge in [0, 0.05) is 6.54 Å². The molecule has 0 bridgehead atoms. The standard InChI is InChI=1S/C17H22F4N2O/c1-16(2)11-23(22-15(16)24)14(17(19,20)21)10-6-4-8-12-7-3-5-9-13(12)18/h3,5,7,9,14H,4,6,8,10-11H2,1-2H3,(H,22,24). The number of hydrogen-bond acceptors (Lipinski definition) is 2. The van der Waals surface area contributed by atoms with Crippen molar-refractivity contribution in [2.24, 2.45) is 5.41 Å². The Morgan fingerprint density at radius 2 is 1.92 bits per heavy atom. The monoisotopic (exact) mass is 346 g/mol. The molecule has 1 N–H and O–H groups in total. The van der Waals surface area contributed by atoms with Crippen LogP contribution >= 0.6 is 0 Å². The van der Waals surface area contributed by atoms with E-state index in [-0.39, 0.29) is 18.8 Å². The Hall–Kier alpha value is -1.63. The molecule has 1 aliphatic rings. The molecule has 0 saturated carbocycles. The molecule has 2 rings (SSSR count). The molecule has 1 aromatic rings. The quantitative estimate of drug-likeness (QED) is 0.627. The van der Waals surface area contributed by atoms with Crippen LogP contribution < -0.4 is 5.43 Å². The van der Waals surface area contributed by atoms with Crippen LogP contribution in [0.3, 0.4) is 0 Å². The van der Waals surface area contributed by atoms with E-state index in [0.717, 1.165) is 5.01 Å². The Balaban J connectivity index is 1.91. The summed E-state index contributed by atoms with van der Waals surface area (Å²) in [6.45, 7) is 3.26. The summed E-state index contributed by atoms with van der Waals surface area (Å²) in [6, 6.07) is 4.55. The zero-order chi connectivity index (χ0) is 18.0. The summed E-state index contributed by atoms with van der Waals surface area (Å²) in [5, 5.41) is 0.992. The van der Waals surface area contributed by atoms with Crippen LogP contribution in [0.1, 0.15) is 38.7 Å². The van der Waals surface area contributed by atoms with Gasteiger partial charge in [0.1, 0.15) is 11.9 Å². The number of rotatable bonds is 6. The topological polar surface area (TPSA) is 32.3 Å². The lowest BCUT2D eigenvalue weighted by Crippen LogP contribution is -2.49. The maximum Gasteiger partial charge on any atom is 0.405 e. The third kappa shape index (κ3) is 4.47. The maximum absolute atomic E-state index is 13.5. The molecule has 1 amide bonds. The van der Waals surface area contributed by atoms with Crippen molar-refractivity contribution in [2.45, 2.75) is 51.7 Å². The lowest BCUT2D eigenvalue weighted by molar-refractivity contribution is -0.190. The molecule has 1 aromatic carbocycles. The van der Waals surface area contributed by atoms with Crippen LogP contribution in [-0.4, -0.2) is 29.7 Å². The highest BCUT2D eigenvalue weighted by molar-refractivity contribution is 5.83. The van der Waals surface area contributed by atoms with E-state index in [1.165, 1.54) is 6.07 Å². The predicted octanol–water partition coefficient (Wildman–Crippen LogP) is 3.84. The third-order valence-corrected chi connectivity index (χ3v) is 4.31. The molecule has 0 aliphatic carbocycles. The largest absolute Gasteiger partial charge is 0.405 e. The lowest BCUT2D eigenvalue weighted by Gasteiger charge is -2.29. The van der Waals surface area contributed by atoms with Crippen molar-refractivity contribution in [1.29, 1.82) is 0 Å². The second-order valence-corrected chi connectivity index (χ2v) is 6.85. The van der Waals surface area contributed by atoms with E-state index in [0.29, 0.717) is 24.8 Å². The summed E-state index contributed by atoms with van der Waals surface area (Å²) >= 11 is 0. The van der Waals surface area contributed by atoms with Gasteiger partial charge >= 0.3 is 6.18 Å². The first-order valence-electron chi connectivity index (χ1n) is 7.99. The zero-order valence-electron chi connectivity index (χ0n) is 13.8. The average molecular weight is 346 g/mol. The van der Waals surface area contributed by atoms with Gasteiger partial charge in [-0.15, -0.1) is 0 Å². The van der Waals surface area contributed by atoms with Gasteiger partial charge in [0.25, 0.3) is 0 Å². The molecule has 0 aromatic heterocycles. The second-order valence-electron chi connectivity index (χ2n) is 6.85. The van der Waals surface area contributed by atoms with Gasteiger partial charge in [0.15, 0.2) is 0 Å². The number of nitrogens with one attached hydrogen (secondary N) is 1. The minimum absolute atomic E-state index is 0.0172. The molecular formula is C17H22F4N2O. The summed E-state index contributed by atoms with van der Waals surface area (Å²) in [5.74, 6) is -0.735. The van der Waals surface area contributed by atoms with Crippen molar-refractivity contribution in [1.82, 2.24) is 10.4 Å². The van der Waals surface area contributed by atoms with Crippen molar-refractivity contribution in [3.8, 4) is 0 Å². The number of nitrogens with zero attached hydrogens (tertiary/aromatic N) is 1. The van der Waals surface area contributed by atoms with Crippen LogP contribution in [0.2, 0.25) is 0 Å². The fourth-order valence-corrected chi connectivity index (χ4v) is 2.86. The number of amides is 1. The number of hydrazine groups is 1. The average Bonchev–Trinajstić information content (AvgIpc) is 2.72. The molecule has 134 valence electrons. The van der Waals surface area contributed by atoms with Crippen molar-refractivity contribution in [3.05, 3.63) is 35.6 Å². The van der Waals surface area contributed by atoms with Crippen molar-refractivity contribution in [2.75, 3.05) is 6.54 Å². The number of benzene rings is 1. The van der Waals surface area contributed by atoms with Crippen LogP contribution in [0.5, 0.6) is 0 Å². The Morgan fingerprint density at radius 3 is 2.46 bits per heavy atom. The Kier molecular flexibility index (Phi) is 5.52. The number of carbonyl (C=O) groups excluding carboxylic acids is 1. The summed E-state index contributed by atoms with van der Waals surface area (Å²) in [6.07, 6.45) is -3.40. The molecular weight excluding hydrogens is 324 g/mol. The van der Waals surface area contributed by atoms with E-state index in [9.17, 15) is 22.4 Å². The van der Waals surface area contributed by atoms with E-state index in [2.05, 4.69) is 5.43 Å². The molecule has 1 atom stereocenters. The van der Waals surface area contributed by atoms with Crippen molar-refractivity contribution < 1.29 is 22.4 Å². The number of aryl methyl sites for hydroxylation is 1. The first kappa shape index (κ1) is 18.7. The van der Waals surface area contributed by atoms with E-state index in [1.807, 2.05) is 0 Å². The minimum Gasteiger partial charge on any atom is -0.288 e. The van der Waals surface area contributed by atoms with Gasteiger partial charge in [0.05, 0.1) is 5.41 Å². The highest BCUT2D eigenvalue weighted by Gasteiger charge is 2.49. The van der Waals surface area contributed by atoms with Gasteiger partial charge in [-0.2, -0.15) is 13.2 Å². The first-order chi connectivity index (χ1) is 11.1. The summed E-state index contributed by atoms with van der Waals surface area (Å²) < 4.78 is 53.4. The van der Waals surface area contributed by atoms with Gasteiger partial charge in [0.2, 0.25) is 5.91 Å². The van der Waals surface area contributed by atoms with Crippen molar-refractivity contribution in [3.63, 3.8) is 0 Å². The Labute approximate surface area is 139 Å². The van der Waals surface area contributed by atoms with Gasteiger partial charge in [-0.05, 0) is 44.7 Å². The smallest absolute Gasteiger partial charge is 0.288 e. The predicted molar refractivity (Wildman–Crippen MR) is 82.4 cm³/mol. The summed E-state index contributed by atoms with van der Waals surface area (Å²) in [5.41, 5.74) is 2.01. The van der Waals surface area contributed by atoms with Crippen LogP contribution in [0, 0.1) is 11.2 Å². The number of hydrogen-bond donors (Lipinski definition) is 1. The van der Waals surface area contributed by atoms with Crippen LogP contribution in [0.4, 0.5) is 17.6 Å². The normalized spacial score (nSPS) is 19.3. The first-order valence-corrected chi connectivity index (χ1v) is 7.99. The molecule has 1 unspecified atom stereocenters. The van der Waals surface area contributed by atoms with Gasteiger partial charge in [-0.1, -0.05) is 24.6 Å². The number of alkyl halides is 3. The maximum atomic E-state index is 13.5. The van der Waals surface area contributed by atoms with Crippen LogP contribution in [0.25, 0.3) is 0 Å². The molecule has 0 radical (unpaired) electrons. The molecule has 3 nitrogen and oxygen atoms in total. The molecule has 1 fully saturated rings. The number of carbonyl (C=O) groups is 1. The SMILES string of the molecule is CC1(C)CN(C(CCCCc2ccccc2F)C(F)(F)F)NC1=O. The van der Waals surface area contributed by atoms with E-state index >= 15 is 0 Å². The molecule has 1 saturated heterocycles. The fourth-order valence-electron chi connectivity index (χ4n) is 2.86. The van der Waals surface area contributed by atoms with Crippen LogP contribution in [0.15, 0.2) is 24.3 Å². The molecule has 0 spiro atoms. The fraction of sp³-hybridized carbons (Fsp3) is 0.588. The minimum atomic E-state index is -4.42. The van der Waals surface area contributed by atoms with Gasteiger partial charge < -0.3 is 0 Å². The third-order valence-electron chi connectivity index (χ3n) is 4.31. The number of unbranched alkanes of at least 4 members (excludes halogenated alkanes) is 1. The highest BCUT2D eigenvalue weighted by Crippen LogP contribution is 2.33. The zero-order valence-corrected chi connectivity index (χ0v) is 13.8. The van der Waals surface area contributed by atoms with Gasteiger partial charge in [-0.25, -0.2) is 9.40 Å². The molecule has 1 aliphatic heterocycles. The van der Waals surface area contributed by atoms with E-state index < -0.39 is 23.5 Å². The molecule has 1 heterocycles. The Morgan fingerprint density at radius 1 is 1.25 bits per heavy atom. The molecule has 7 heteroatoms. The lowest BCUT2D eigenvalue weighted by atomic mass is 9.94. The molecule has 24 heavy (non-hydrogen) atoms.